The average molecular weight is 487 g/mol. The highest BCUT2D eigenvalue weighted by molar-refractivity contribution is 8.00. The number of halogens is 2. The molecule has 1 N–H and O–H groups in total. The van der Waals surface area contributed by atoms with Crippen LogP contribution in [0.4, 0.5) is 5.69 Å². The van der Waals surface area contributed by atoms with Crippen LogP contribution in [0.15, 0.2) is 70.4 Å². The molecule has 1 amide bonds. The number of anilines is 1. The second-order valence-corrected chi connectivity index (χ2v) is 9.21. The third-order valence-corrected chi connectivity index (χ3v) is 6.76. The number of aryl methyl sites for hydroxylation is 1. The Morgan fingerprint density at radius 3 is 2.62 bits per heavy atom. The van der Waals surface area contributed by atoms with E-state index in [0.29, 0.717) is 33.3 Å². The van der Waals surface area contributed by atoms with Crippen LogP contribution in [0.3, 0.4) is 0 Å². The maximum Gasteiger partial charge on any atom is 0.237 e. The molecule has 0 unspecified atom stereocenters. The van der Waals surface area contributed by atoms with Crippen LogP contribution in [0.2, 0.25) is 10.0 Å². The first-order valence-electron chi connectivity index (χ1n) is 9.87. The molecule has 32 heavy (non-hydrogen) atoms. The molecule has 0 saturated heterocycles. The van der Waals surface area contributed by atoms with E-state index < -0.39 is 5.25 Å². The molecule has 6 nitrogen and oxygen atoms in total. The Hall–Kier alpha value is -2.74. The number of carbonyl (C=O) groups excluding carboxylic acids is 1. The van der Waals surface area contributed by atoms with Crippen molar-refractivity contribution >= 4 is 46.6 Å². The topological polar surface area (TPSA) is 72.9 Å². The first-order chi connectivity index (χ1) is 15.4. The van der Waals surface area contributed by atoms with Crippen LogP contribution in [0.25, 0.3) is 11.4 Å². The van der Waals surface area contributed by atoms with Gasteiger partial charge in [0.1, 0.15) is 5.76 Å². The van der Waals surface area contributed by atoms with Gasteiger partial charge in [-0.15, -0.1) is 10.2 Å². The minimum atomic E-state index is -0.456. The number of rotatable bonds is 7. The first kappa shape index (κ1) is 22.5. The van der Waals surface area contributed by atoms with Crippen molar-refractivity contribution in [2.24, 2.45) is 0 Å². The lowest BCUT2D eigenvalue weighted by atomic mass is 10.2. The normalized spacial score (nSPS) is 12.0. The van der Waals surface area contributed by atoms with E-state index in [4.69, 9.17) is 27.6 Å². The minimum absolute atomic E-state index is 0.213. The highest BCUT2D eigenvalue weighted by atomic mass is 35.5. The molecule has 0 spiro atoms. The third-order valence-electron chi connectivity index (χ3n) is 4.86. The number of nitrogens with one attached hydrogen (secondary N) is 1. The Kier molecular flexibility index (Phi) is 6.89. The average Bonchev–Trinajstić information content (AvgIpc) is 3.37. The number of hydrogen-bond donors (Lipinski definition) is 1. The monoisotopic (exact) mass is 486 g/mol. The number of carbonyl (C=O) groups is 1. The summed E-state index contributed by atoms with van der Waals surface area (Å²) >= 11 is 13.6. The fraction of sp³-hybridized carbons (Fsp3) is 0.174. The van der Waals surface area contributed by atoms with Gasteiger partial charge in [0.25, 0.3) is 0 Å². The summed E-state index contributed by atoms with van der Waals surface area (Å²) < 4.78 is 7.46. The van der Waals surface area contributed by atoms with Crippen molar-refractivity contribution in [2.45, 2.75) is 30.8 Å². The van der Waals surface area contributed by atoms with Gasteiger partial charge in [0.15, 0.2) is 11.0 Å². The Balaban J connectivity index is 1.60. The molecule has 2 heterocycles. The van der Waals surface area contributed by atoms with E-state index in [1.165, 1.54) is 11.8 Å². The van der Waals surface area contributed by atoms with E-state index in [9.17, 15) is 4.79 Å². The van der Waals surface area contributed by atoms with Crippen molar-refractivity contribution in [3.63, 3.8) is 0 Å². The summed E-state index contributed by atoms with van der Waals surface area (Å²) in [5.41, 5.74) is 2.43. The summed E-state index contributed by atoms with van der Waals surface area (Å²) in [7, 11) is 0. The molecule has 2 aromatic heterocycles. The fourth-order valence-corrected chi connectivity index (χ4v) is 4.34. The lowest BCUT2D eigenvalue weighted by molar-refractivity contribution is -0.115. The molecule has 0 saturated carbocycles. The lowest BCUT2D eigenvalue weighted by Gasteiger charge is -2.14. The smallest absolute Gasteiger partial charge is 0.237 e. The number of aromatic nitrogens is 3. The van der Waals surface area contributed by atoms with Crippen molar-refractivity contribution < 1.29 is 9.21 Å². The van der Waals surface area contributed by atoms with Crippen molar-refractivity contribution in [1.82, 2.24) is 14.8 Å². The standard InChI is InChI=1S/C23H20Cl2N4O2S/c1-14-17(11-12-31-14)21-27-28-23(29(21)13-16-7-4-3-5-8-16)32-15(2)22(30)26-19-10-6-9-18(24)20(19)25/h3-12,15H,13H2,1-2H3,(H,26,30)/t15-/m0/s1. The van der Waals surface area contributed by atoms with Gasteiger partial charge in [0.2, 0.25) is 5.91 Å². The zero-order valence-corrected chi connectivity index (χ0v) is 19.7. The molecular formula is C23H20Cl2N4O2S. The molecule has 2 aromatic carbocycles. The van der Waals surface area contributed by atoms with Crippen LogP contribution in [0, 0.1) is 6.92 Å². The van der Waals surface area contributed by atoms with Gasteiger partial charge in [0.05, 0.1) is 39.4 Å². The van der Waals surface area contributed by atoms with E-state index in [1.807, 2.05) is 54.8 Å². The summed E-state index contributed by atoms with van der Waals surface area (Å²) in [6.45, 7) is 4.25. The molecule has 0 aliphatic carbocycles. The number of amides is 1. The molecule has 164 valence electrons. The van der Waals surface area contributed by atoms with Crippen LogP contribution in [0.1, 0.15) is 18.2 Å². The molecule has 0 aliphatic rings. The second kappa shape index (κ2) is 9.81. The number of furan rings is 1. The number of nitrogens with zero attached hydrogens (tertiary/aromatic N) is 3. The SMILES string of the molecule is Cc1occc1-c1nnc(S[C@@H](C)C(=O)Nc2cccc(Cl)c2Cl)n1Cc1ccccc1. The summed E-state index contributed by atoms with van der Waals surface area (Å²) in [5.74, 6) is 1.23. The van der Waals surface area contributed by atoms with E-state index in [2.05, 4.69) is 15.5 Å². The first-order valence-corrected chi connectivity index (χ1v) is 11.5. The predicted octanol–water partition coefficient (Wildman–Crippen LogP) is 6.32. The zero-order valence-electron chi connectivity index (χ0n) is 17.4. The summed E-state index contributed by atoms with van der Waals surface area (Å²) in [4.78, 5) is 12.8. The van der Waals surface area contributed by atoms with Gasteiger partial charge in [0, 0.05) is 0 Å². The fourth-order valence-electron chi connectivity index (χ4n) is 3.15. The lowest BCUT2D eigenvalue weighted by Crippen LogP contribution is -2.23. The molecule has 0 bridgehead atoms. The molecule has 0 fully saturated rings. The molecule has 9 heteroatoms. The van der Waals surface area contributed by atoms with Gasteiger partial charge >= 0.3 is 0 Å². The van der Waals surface area contributed by atoms with E-state index >= 15 is 0 Å². The largest absolute Gasteiger partial charge is 0.469 e. The van der Waals surface area contributed by atoms with Gasteiger partial charge < -0.3 is 9.73 Å². The van der Waals surface area contributed by atoms with Crippen molar-refractivity contribution in [2.75, 3.05) is 5.32 Å². The molecule has 4 rings (SSSR count). The van der Waals surface area contributed by atoms with Crippen LogP contribution < -0.4 is 5.32 Å². The number of hydrogen-bond acceptors (Lipinski definition) is 5. The van der Waals surface area contributed by atoms with E-state index in [0.717, 1.165) is 16.9 Å². The summed E-state index contributed by atoms with van der Waals surface area (Å²) in [5, 5.41) is 12.5. The Bertz CT molecular complexity index is 1240. The highest BCUT2D eigenvalue weighted by Gasteiger charge is 2.23. The number of benzene rings is 2. The van der Waals surface area contributed by atoms with Crippen molar-refractivity contribution in [1.29, 1.82) is 0 Å². The van der Waals surface area contributed by atoms with Gasteiger partial charge in [-0.25, -0.2) is 0 Å². The van der Waals surface area contributed by atoms with E-state index in [-0.39, 0.29) is 5.91 Å². The molecular weight excluding hydrogens is 467 g/mol. The Labute approximate surface area is 199 Å². The minimum Gasteiger partial charge on any atom is -0.469 e. The molecule has 0 radical (unpaired) electrons. The van der Waals surface area contributed by atoms with Crippen molar-refractivity contribution in [3.8, 4) is 11.4 Å². The second-order valence-electron chi connectivity index (χ2n) is 7.12. The van der Waals surface area contributed by atoms with Gasteiger partial charge in [-0.05, 0) is 37.6 Å². The molecule has 4 aromatic rings. The van der Waals surface area contributed by atoms with Crippen molar-refractivity contribution in [3.05, 3.63) is 82.2 Å². The van der Waals surface area contributed by atoms with Crippen LogP contribution in [-0.2, 0) is 11.3 Å². The maximum absolute atomic E-state index is 12.8. The number of thioether (sulfide) groups is 1. The molecule has 1 atom stereocenters. The van der Waals surface area contributed by atoms with Gasteiger partial charge in [-0.3, -0.25) is 9.36 Å². The summed E-state index contributed by atoms with van der Waals surface area (Å²) in [6, 6.07) is 17.0. The van der Waals surface area contributed by atoms with Gasteiger partial charge in [-0.1, -0.05) is 71.4 Å². The Morgan fingerprint density at radius 2 is 1.91 bits per heavy atom. The molecule has 0 aliphatic heterocycles. The van der Waals surface area contributed by atoms with Crippen LogP contribution in [0.5, 0.6) is 0 Å². The summed E-state index contributed by atoms with van der Waals surface area (Å²) in [6.07, 6.45) is 1.63. The van der Waals surface area contributed by atoms with E-state index in [1.54, 1.807) is 24.5 Å². The maximum atomic E-state index is 12.8. The quantitative estimate of drug-likeness (QED) is 0.309. The Morgan fingerprint density at radius 1 is 1.12 bits per heavy atom. The van der Waals surface area contributed by atoms with Gasteiger partial charge in [-0.2, -0.15) is 0 Å². The van der Waals surface area contributed by atoms with Crippen LogP contribution >= 0.6 is 35.0 Å². The predicted molar refractivity (Wildman–Crippen MR) is 128 cm³/mol. The zero-order chi connectivity index (χ0) is 22.7. The van der Waals surface area contributed by atoms with Crippen LogP contribution in [-0.4, -0.2) is 25.9 Å². The highest BCUT2D eigenvalue weighted by Crippen LogP contribution is 2.32. The third kappa shape index (κ3) is 4.85.